The van der Waals surface area contributed by atoms with E-state index >= 15 is 0 Å². The van der Waals surface area contributed by atoms with Gasteiger partial charge in [0.1, 0.15) is 5.02 Å². The van der Waals surface area contributed by atoms with Gasteiger partial charge in [0.25, 0.3) is 5.69 Å². The zero-order valence-electron chi connectivity index (χ0n) is 11.2. The molecule has 0 atom stereocenters. The van der Waals surface area contributed by atoms with Gasteiger partial charge in [-0.25, -0.2) is 13.1 Å². The summed E-state index contributed by atoms with van der Waals surface area (Å²) in [6.07, 6.45) is 5.96. The number of hydrogen-bond donors (Lipinski definition) is 1. The largest absolute Gasteiger partial charge is 0.289 e. The molecule has 0 saturated heterocycles. The smallest absolute Gasteiger partial charge is 0.258 e. The normalized spacial score (nSPS) is 15.0. The average Bonchev–Trinajstić information content (AvgIpc) is 2.91. The maximum absolute atomic E-state index is 12.1. The van der Waals surface area contributed by atoms with E-state index in [1.165, 1.54) is 17.7 Å². The minimum absolute atomic E-state index is 0.0879. The Labute approximate surface area is 128 Å². The van der Waals surface area contributed by atoms with E-state index in [0.717, 1.165) is 25.3 Å². The summed E-state index contributed by atoms with van der Waals surface area (Å²) < 4.78 is 26.6. The highest BCUT2D eigenvalue weighted by molar-refractivity contribution is 7.89. The second kappa shape index (κ2) is 6.55. The summed E-state index contributed by atoms with van der Waals surface area (Å²) in [6, 6.07) is 3.44. The number of allylic oxidation sites excluding steroid dienone is 1. The van der Waals surface area contributed by atoms with Crippen LogP contribution in [0.2, 0.25) is 5.02 Å². The van der Waals surface area contributed by atoms with E-state index < -0.39 is 20.6 Å². The monoisotopic (exact) mass is 330 g/mol. The van der Waals surface area contributed by atoms with Gasteiger partial charge in [0.05, 0.1) is 9.82 Å². The van der Waals surface area contributed by atoms with Crippen molar-refractivity contribution in [3.63, 3.8) is 0 Å². The molecule has 1 aliphatic carbocycles. The van der Waals surface area contributed by atoms with Crippen LogP contribution in [0.5, 0.6) is 0 Å². The van der Waals surface area contributed by atoms with Crippen molar-refractivity contribution in [3.05, 3.63) is 45.0 Å². The molecule has 0 aliphatic heterocycles. The van der Waals surface area contributed by atoms with Gasteiger partial charge in [0, 0.05) is 12.6 Å². The Morgan fingerprint density at radius 3 is 2.76 bits per heavy atom. The van der Waals surface area contributed by atoms with Gasteiger partial charge in [0.15, 0.2) is 0 Å². The van der Waals surface area contributed by atoms with Gasteiger partial charge in [-0.2, -0.15) is 0 Å². The number of hydrogen-bond acceptors (Lipinski definition) is 4. The van der Waals surface area contributed by atoms with Crippen molar-refractivity contribution >= 4 is 27.3 Å². The summed E-state index contributed by atoms with van der Waals surface area (Å²) in [7, 11) is -3.77. The zero-order chi connectivity index (χ0) is 15.5. The van der Waals surface area contributed by atoms with Crippen molar-refractivity contribution in [3.8, 4) is 0 Å². The minimum atomic E-state index is -3.77. The van der Waals surface area contributed by atoms with Crippen molar-refractivity contribution in [1.82, 2.24) is 4.72 Å². The van der Waals surface area contributed by atoms with E-state index in [4.69, 9.17) is 11.6 Å². The van der Waals surface area contributed by atoms with E-state index in [1.54, 1.807) is 0 Å². The number of rotatable bonds is 6. The molecule has 2 rings (SSSR count). The molecule has 8 heteroatoms. The number of nitrogens with zero attached hydrogens (tertiary/aromatic N) is 1. The summed E-state index contributed by atoms with van der Waals surface area (Å²) in [5.74, 6) is 0. The maximum atomic E-state index is 12.1. The molecule has 1 aliphatic rings. The fraction of sp³-hybridized carbons (Fsp3) is 0.385. The molecule has 1 aromatic rings. The van der Waals surface area contributed by atoms with Crippen LogP contribution in [0.25, 0.3) is 0 Å². The Hall–Kier alpha value is -1.44. The van der Waals surface area contributed by atoms with E-state index in [9.17, 15) is 18.5 Å². The van der Waals surface area contributed by atoms with Crippen LogP contribution in [0.3, 0.4) is 0 Å². The van der Waals surface area contributed by atoms with Gasteiger partial charge in [-0.1, -0.05) is 23.3 Å². The van der Waals surface area contributed by atoms with Crippen LogP contribution < -0.4 is 4.72 Å². The van der Waals surface area contributed by atoms with Crippen LogP contribution in [0, 0.1) is 10.1 Å². The Balaban J connectivity index is 2.08. The van der Waals surface area contributed by atoms with Gasteiger partial charge in [-0.3, -0.25) is 10.1 Å². The Bertz CT molecular complexity index is 685. The number of halogens is 1. The summed E-state index contributed by atoms with van der Waals surface area (Å²) >= 11 is 5.67. The van der Waals surface area contributed by atoms with Crippen LogP contribution in [-0.4, -0.2) is 19.9 Å². The highest BCUT2D eigenvalue weighted by Gasteiger charge is 2.20. The lowest BCUT2D eigenvalue weighted by Crippen LogP contribution is -2.25. The predicted molar refractivity (Wildman–Crippen MR) is 79.8 cm³/mol. The zero-order valence-corrected chi connectivity index (χ0v) is 12.8. The lowest BCUT2D eigenvalue weighted by atomic mass is 10.2. The Morgan fingerprint density at radius 2 is 2.14 bits per heavy atom. The van der Waals surface area contributed by atoms with Crippen LogP contribution >= 0.6 is 11.6 Å². The third kappa shape index (κ3) is 4.03. The number of sulfonamides is 1. The number of benzene rings is 1. The molecule has 0 bridgehead atoms. The first-order valence-electron chi connectivity index (χ1n) is 6.51. The van der Waals surface area contributed by atoms with Crippen LogP contribution in [0.15, 0.2) is 34.7 Å². The lowest BCUT2D eigenvalue weighted by Gasteiger charge is -2.07. The molecule has 1 N–H and O–H groups in total. The first-order chi connectivity index (χ1) is 9.90. The van der Waals surface area contributed by atoms with Crippen molar-refractivity contribution in [2.45, 2.75) is 30.6 Å². The molecule has 6 nitrogen and oxygen atoms in total. The van der Waals surface area contributed by atoms with Gasteiger partial charge < -0.3 is 0 Å². The van der Waals surface area contributed by atoms with Gasteiger partial charge in [-0.05, 0) is 37.8 Å². The Morgan fingerprint density at radius 1 is 1.38 bits per heavy atom. The van der Waals surface area contributed by atoms with Crippen molar-refractivity contribution in [2.24, 2.45) is 0 Å². The molecule has 0 radical (unpaired) electrons. The third-order valence-electron chi connectivity index (χ3n) is 3.30. The SMILES string of the molecule is O=[N+]([O-])c1cc(S(=O)(=O)NCCC2=CCCC2)ccc1Cl. The van der Waals surface area contributed by atoms with E-state index in [0.29, 0.717) is 6.42 Å². The van der Waals surface area contributed by atoms with Crippen molar-refractivity contribution in [1.29, 1.82) is 0 Å². The molecular weight excluding hydrogens is 316 g/mol. The lowest BCUT2D eigenvalue weighted by molar-refractivity contribution is -0.384. The summed E-state index contributed by atoms with van der Waals surface area (Å²) in [5.41, 5.74) is 0.831. The van der Waals surface area contributed by atoms with E-state index in [2.05, 4.69) is 10.8 Å². The van der Waals surface area contributed by atoms with Crippen LogP contribution in [-0.2, 0) is 10.0 Å². The maximum Gasteiger partial charge on any atom is 0.289 e. The summed E-state index contributed by atoms with van der Waals surface area (Å²) in [4.78, 5) is 9.93. The molecule has 0 heterocycles. The van der Waals surface area contributed by atoms with Crippen molar-refractivity contribution < 1.29 is 13.3 Å². The first-order valence-corrected chi connectivity index (χ1v) is 8.38. The topological polar surface area (TPSA) is 89.3 Å². The van der Waals surface area contributed by atoms with E-state index in [1.807, 2.05) is 0 Å². The fourth-order valence-corrected chi connectivity index (χ4v) is 3.43. The molecular formula is C13H15ClN2O4S. The summed E-state index contributed by atoms with van der Waals surface area (Å²) in [5, 5.41) is 10.7. The molecule has 0 aromatic heterocycles. The summed E-state index contributed by atoms with van der Waals surface area (Å²) in [6.45, 7) is 0.282. The number of nitrogens with one attached hydrogen (secondary N) is 1. The standard InChI is InChI=1S/C13H15ClN2O4S/c14-12-6-5-11(9-13(12)16(17)18)21(19,20)15-8-7-10-3-1-2-4-10/h3,5-6,9,15H,1-2,4,7-8H2. The molecule has 114 valence electrons. The van der Waals surface area contributed by atoms with Gasteiger partial charge >= 0.3 is 0 Å². The quantitative estimate of drug-likeness (QED) is 0.493. The minimum Gasteiger partial charge on any atom is -0.258 e. The average molecular weight is 331 g/mol. The first kappa shape index (κ1) is 15.9. The Kier molecular flexibility index (Phi) is 4.97. The molecule has 21 heavy (non-hydrogen) atoms. The predicted octanol–water partition coefficient (Wildman–Crippen LogP) is 3.03. The van der Waals surface area contributed by atoms with Crippen LogP contribution in [0.1, 0.15) is 25.7 Å². The number of nitro groups is 1. The third-order valence-corrected chi connectivity index (χ3v) is 5.08. The fourth-order valence-electron chi connectivity index (χ4n) is 2.19. The molecule has 0 fully saturated rings. The van der Waals surface area contributed by atoms with Crippen molar-refractivity contribution in [2.75, 3.05) is 6.54 Å². The molecule has 0 amide bonds. The molecule has 0 spiro atoms. The molecule has 0 unspecified atom stereocenters. The van der Waals surface area contributed by atoms with Gasteiger partial charge in [0.2, 0.25) is 10.0 Å². The molecule has 1 aromatic carbocycles. The van der Waals surface area contributed by atoms with E-state index in [-0.39, 0.29) is 16.5 Å². The highest BCUT2D eigenvalue weighted by Crippen LogP contribution is 2.27. The number of nitro benzene ring substituents is 1. The van der Waals surface area contributed by atoms with Crippen LogP contribution in [0.4, 0.5) is 5.69 Å². The highest BCUT2D eigenvalue weighted by atomic mass is 35.5. The van der Waals surface area contributed by atoms with Gasteiger partial charge in [-0.15, -0.1) is 0 Å². The second-order valence-electron chi connectivity index (χ2n) is 4.77. The second-order valence-corrected chi connectivity index (χ2v) is 6.95. The molecule has 0 saturated carbocycles.